The molecule has 1 aromatic carbocycles. The van der Waals surface area contributed by atoms with Gasteiger partial charge in [-0.25, -0.2) is 8.78 Å². The van der Waals surface area contributed by atoms with E-state index in [-0.39, 0.29) is 5.75 Å². The lowest BCUT2D eigenvalue weighted by Gasteiger charge is -2.13. The molecule has 0 amide bonds. The lowest BCUT2D eigenvalue weighted by Crippen LogP contribution is -2.12. The molecular formula is C13H12F2N2O. The second-order valence-corrected chi connectivity index (χ2v) is 3.81. The highest BCUT2D eigenvalue weighted by atomic mass is 19.1. The van der Waals surface area contributed by atoms with E-state index in [4.69, 9.17) is 10.5 Å². The van der Waals surface area contributed by atoms with E-state index in [2.05, 4.69) is 4.98 Å². The molecule has 2 rings (SSSR count). The summed E-state index contributed by atoms with van der Waals surface area (Å²) in [6, 6.07) is 5.04. The second kappa shape index (κ2) is 5.10. The molecule has 2 N–H and O–H groups in total. The third-order valence-corrected chi connectivity index (χ3v) is 2.62. The van der Waals surface area contributed by atoms with Crippen LogP contribution in [0.1, 0.15) is 17.2 Å². The van der Waals surface area contributed by atoms with Gasteiger partial charge < -0.3 is 10.5 Å². The molecular weight excluding hydrogens is 238 g/mol. The van der Waals surface area contributed by atoms with Crippen LogP contribution in [0.5, 0.6) is 5.75 Å². The largest absolute Gasteiger partial charge is 0.494 e. The Kier molecular flexibility index (Phi) is 3.53. The van der Waals surface area contributed by atoms with Crippen LogP contribution in [0.15, 0.2) is 36.7 Å². The van der Waals surface area contributed by atoms with Gasteiger partial charge in [-0.1, -0.05) is 6.07 Å². The molecule has 1 aromatic heterocycles. The van der Waals surface area contributed by atoms with Gasteiger partial charge in [-0.2, -0.15) is 0 Å². The molecule has 3 nitrogen and oxygen atoms in total. The van der Waals surface area contributed by atoms with Crippen molar-refractivity contribution in [3.63, 3.8) is 0 Å². The van der Waals surface area contributed by atoms with E-state index in [0.29, 0.717) is 11.1 Å². The molecule has 1 atom stereocenters. The fourth-order valence-corrected chi connectivity index (χ4v) is 1.67. The monoisotopic (exact) mass is 250 g/mol. The number of pyridine rings is 1. The van der Waals surface area contributed by atoms with Crippen LogP contribution < -0.4 is 10.5 Å². The van der Waals surface area contributed by atoms with Gasteiger partial charge in [0.2, 0.25) is 0 Å². The minimum absolute atomic E-state index is 0.142. The zero-order valence-corrected chi connectivity index (χ0v) is 9.73. The Bertz CT molecular complexity index is 560. The summed E-state index contributed by atoms with van der Waals surface area (Å²) in [6.07, 6.45) is 2.54. The SMILES string of the molecule is COc1ccc(C(N)c2cncc(F)c2)cc1F. The van der Waals surface area contributed by atoms with Crippen molar-refractivity contribution in [2.75, 3.05) is 7.11 Å². The maximum atomic E-state index is 13.5. The Labute approximate surface area is 103 Å². The third-order valence-electron chi connectivity index (χ3n) is 2.62. The van der Waals surface area contributed by atoms with Gasteiger partial charge in [-0.05, 0) is 29.3 Å². The Hall–Kier alpha value is -2.01. The van der Waals surface area contributed by atoms with Gasteiger partial charge in [0.15, 0.2) is 11.6 Å². The maximum absolute atomic E-state index is 13.5. The van der Waals surface area contributed by atoms with Crippen LogP contribution in [0.25, 0.3) is 0 Å². The van der Waals surface area contributed by atoms with Crippen LogP contribution >= 0.6 is 0 Å². The second-order valence-electron chi connectivity index (χ2n) is 3.81. The highest BCUT2D eigenvalue weighted by Crippen LogP contribution is 2.24. The normalized spacial score (nSPS) is 12.2. The summed E-state index contributed by atoms with van der Waals surface area (Å²) in [4.78, 5) is 3.71. The van der Waals surface area contributed by atoms with Crippen molar-refractivity contribution < 1.29 is 13.5 Å². The molecule has 0 saturated heterocycles. The molecule has 0 aliphatic carbocycles. The molecule has 2 aromatic rings. The molecule has 0 bridgehead atoms. The number of ether oxygens (including phenoxy) is 1. The van der Waals surface area contributed by atoms with Crippen LogP contribution in [0.2, 0.25) is 0 Å². The van der Waals surface area contributed by atoms with E-state index in [1.807, 2.05) is 0 Å². The van der Waals surface area contributed by atoms with Crippen LogP contribution in [0, 0.1) is 11.6 Å². The van der Waals surface area contributed by atoms with E-state index in [0.717, 1.165) is 6.20 Å². The Morgan fingerprint density at radius 1 is 1.17 bits per heavy atom. The number of hydrogen-bond acceptors (Lipinski definition) is 3. The first-order valence-electron chi connectivity index (χ1n) is 5.31. The minimum atomic E-state index is -0.631. The van der Waals surface area contributed by atoms with Crippen molar-refractivity contribution in [1.29, 1.82) is 0 Å². The number of rotatable bonds is 3. The predicted molar refractivity (Wildman–Crippen MR) is 63.2 cm³/mol. The first-order valence-corrected chi connectivity index (χ1v) is 5.31. The maximum Gasteiger partial charge on any atom is 0.165 e. The van der Waals surface area contributed by atoms with Crippen molar-refractivity contribution in [2.45, 2.75) is 6.04 Å². The number of halogens is 2. The van der Waals surface area contributed by atoms with Crippen molar-refractivity contribution in [3.05, 3.63) is 59.4 Å². The van der Waals surface area contributed by atoms with Crippen molar-refractivity contribution in [3.8, 4) is 5.75 Å². The average Bonchev–Trinajstić information content (AvgIpc) is 2.37. The number of nitrogens with two attached hydrogens (primary N) is 1. The molecule has 18 heavy (non-hydrogen) atoms. The summed E-state index contributed by atoms with van der Waals surface area (Å²) in [6.45, 7) is 0. The number of hydrogen-bond donors (Lipinski definition) is 1. The van der Waals surface area contributed by atoms with Gasteiger partial charge in [-0.15, -0.1) is 0 Å². The standard InChI is InChI=1S/C13H12F2N2O/c1-18-12-3-2-8(5-11(12)15)13(16)9-4-10(14)7-17-6-9/h2-7,13H,16H2,1H3. The van der Waals surface area contributed by atoms with Gasteiger partial charge in [0.25, 0.3) is 0 Å². The van der Waals surface area contributed by atoms with Crippen molar-refractivity contribution >= 4 is 0 Å². The van der Waals surface area contributed by atoms with E-state index >= 15 is 0 Å². The molecule has 94 valence electrons. The topological polar surface area (TPSA) is 48.1 Å². The Morgan fingerprint density at radius 2 is 1.94 bits per heavy atom. The smallest absolute Gasteiger partial charge is 0.165 e. The fraction of sp³-hybridized carbons (Fsp3) is 0.154. The van der Waals surface area contributed by atoms with Crippen LogP contribution in [0.4, 0.5) is 8.78 Å². The quantitative estimate of drug-likeness (QED) is 0.910. The third kappa shape index (κ3) is 2.46. The fourth-order valence-electron chi connectivity index (χ4n) is 1.67. The molecule has 0 spiro atoms. The minimum Gasteiger partial charge on any atom is -0.494 e. The van der Waals surface area contributed by atoms with Gasteiger partial charge in [-0.3, -0.25) is 4.98 Å². The summed E-state index contributed by atoms with van der Waals surface area (Å²) in [7, 11) is 1.38. The lowest BCUT2D eigenvalue weighted by atomic mass is 10.0. The number of benzene rings is 1. The van der Waals surface area contributed by atoms with Gasteiger partial charge in [0.05, 0.1) is 19.3 Å². The number of aromatic nitrogens is 1. The zero-order valence-electron chi connectivity index (χ0n) is 9.73. The van der Waals surface area contributed by atoms with Crippen LogP contribution in [-0.4, -0.2) is 12.1 Å². The molecule has 1 heterocycles. The Balaban J connectivity index is 2.34. The van der Waals surface area contributed by atoms with Gasteiger partial charge in [0, 0.05) is 6.20 Å². The van der Waals surface area contributed by atoms with E-state index < -0.39 is 17.7 Å². The number of nitrogens with zero attached hydrogens (tertiary/aromatic N) is 1. The molecule has 0 aliphatic rings. The lowest BCUT2D eigenvalue weighted by molar-refractivity contribution is 0.386. The zero-order chi connectivity index (χ0) is 13.1. The first kappa shape index (κ1) is 12.4. The summed E-state index contributed by atoms with van der Waals surface area (Å²) in [5, 5.41) is 0. The molecule has 1 unspecified atom stereocenters. The van der Waals surface area contributed by atoms with Crippen molar-refractivity contribution in [2.24, 2.45) is 5.73 Å². The van der Waals surface area contributed by atoms with Gasteiger partial charge in [0.1, 0.15) is 5.82 Å². The van der Waals surface area contributed by atoms with E-state index in [9.17, 15) is 8.78 Å². The predicted octanol–water partition coefficient (Wildman–Crippen LogP) is 2.42. The molecule has 0 fully saturated rings. The highest BCUT2D eigenvalue weighted by molar-refractivity contribution is 5.35. The van der Waals surface area contributed by atoms with E-state index in [1.54, 1.807) is 6.07 Å². The number of methoxy groups -OCH3 is 1. The highest BCUT2D eigenvalue weighted by Gasteiger charge is 2.12. The molecule has 0 radical (unpaired) electrons. The Morgan fingerprint density at radius 3 is 2.56 bits per heavy atom. The van der Waals surface area contributed by atoms with Gasteiger partial charge >= 0.3 is 0 Å². The summed E-state index contributed by atoms with van der Waals surface area (Å²) < 4.78 is 31.4. The van der Waals surface area contributed by atoms with Crippen molar-refractivity contribution in [1.82, 2.24) is 4.98 Å². The summed E-state index contributed by atoms with van der Waals surface area (Å²) in [5.74, 6) is -0.838. The average molecular weight is 250 g/mol. The molecule has 0 aliphatic heterocycles. The van der Waals surface area contributed by atoms with Crippen LogP contribution in [-0.2, 0) is 0 Å². The summed E-state index contributed by atoms with van der Waals surface area (Å²) in [5.41, 5.74) is 6.95. The van der Waals surface area contributed by atoms with E-state index in [1.165, 1.54) is 31.5 Å². The molecule has 0 saturated carbocycles. The summed E-state index contributed by atoms with van der Waals surface area (Å²) >= 11 is 0. The first-order chi connectivity index (χ1) is 8.61. The van der Waals surface area contributed by atoms with Crippen LogP contribution in [0.3, 0.4) is 0 Å². The molecule has 5 heteroatoms.